The largest absolute Gasteiger partial charge is 0.357 e. The Morgan fingerprint density at radius 1 is 1.64 bits per heavy atom. The van der Waals surface area contributed by atoms with Gasteiger partial charge in [-0.25, -0.2) is 0 Å². The fourth-order valence-corrected chi connectivity index (χ4v) is 2.21. The van der Waals surface area contributed by atoms with Crippen molar-refractivity contribution in [2.45, 2.75) is 12.2 Å². The Morgan fingerprint density at radius 3 is 3.36 bits per heavy atom. The van der Waals surface area contributed by atoms with Crippen LogP contribution in [0.3, 0.4) is 0 Å². The Bertz CT molecular complexity index is 245. The molecule has 0 atom stereocenters. The zero-order valence-corrected chi connectivity index (χ0v) is 7.20. The van der Waals surface area contributed by atoms with E-state index in [1.807, 2.05) is 18.8 Å². The van der Waals surface area contributed by atoms with Crippen molar-refractivity contribution in [2.75, 3.05) is 18.1 Å². The average Bonchev–Trinajstić information content (AvgIpc) is 2.47. The van der Waals surface area contributed by atoms with E-state index in [-0.39, 0.29) is 0 Å². The van der Waals surface area contributed by atoms with Gasteiger partial charge in [0.05, 0.1) is 5.69 Å². The summed E-state index contributed by atoms with van der Waals surface area (Å²) in [5.74, 6) is 3.05. The van der Waals surface area contributed by atoms with E-state index in [4.69, 9.17) is 4.52 Å². The molecule has 2 heterocycles. The Balaban J connectivity index is 2.38. The van der Waals surface area contributed by atoms with Gasteiger partial charge in [-0.3, -0.25) is 0 Å². The van der Waals surface area contributed by atoms with Crippen LogP contribution in [-0.4, -0.2) is 18.0 Å². The van der Waals surface area contributed by atoms with Crippen molar-refractivity contribution in [3.63, 3.8) is 0 Å². The lowest BCUT2D eigenvalue weighted by Crippen LogP contribution is -2.01. The molecule has 2 rings (SSSR count). The molecule has 0 amide bonds. The number of hydrogen-bond acceptors (Lipinski definition) is 4. The van der Waals surface area contributed by atoms with Crippen LogP contribution in [0.5, 0.6) is 0 Å². The van der Waals surface area contributed by atoms with Gasteiger partial charge in [0, 0.05) is 24.8 Å². The molecule has 60 valence electrons. The third kappa shape index (κ3) is 1.11. The van der Waals surface area contributed by atoms with Crippen molar-refractivity contribution < 1.29 is 4.52 Å². The molecule has 11 heavy (non-hydrogen) atoms. The predicted molar refractivity (Wildman–Crippen MR) is 45.9 cm³/mol. The van der Waals surface area contributed by atoms with Crippen molar-refractivity contribution in [2.24, 2.45) is 0 Å². The second-order valence-corrected chi connectivity index (χ2v) is 3.59. The van der Waals surface area contributed by atoms with Gasteiger partial charge in [0.1, 0.15) is 0 Å². The molecule has 0 unspecified atom stereocenters. The molecule has 1 aliphatic heterocycles. The molecule has 1 aliphatic rings. The first-order valence-corrected chi connectivity index (χ1v) is 4.80. The van der Waals surface area contributed by atoms with Crippen LogP contribution in [0.25, 0.3) is 0 Å². The summed E-state index contributed by atoms with van der Waals surface area (Å²) in [5.41, 5.74) is 2.39. The molecule has 0 fully saturated rings. The summed E-state index contributed by atoms with van der Waals surface area (Å²) in [7, 11) is 1.86. The second-order valence-electron chi connectivity index (χ2n) is 2.49. The van der Waals surface area contributed by atoms with Gasteiger partial charge < -0.3 is 9.84 Å². The van der Waals surface area contributed by atoms with Crippen molar-refractivity contribution in [1.82, 2.24) is 5.16 Å². The van der Waals surface area contributed by atoms with E-state index >= 15 is 0 Å². The molecule has 0 spiro atoms. The second kappa shape index (κ2) is 2.77. The minimum absolute atomic E-state index is 0.840. The third-order valence-corrected chi connectivity index (χ3v) is 2.81. The van der Waals surface area contributed by atoms with Crippen molar-refractivity contribution in [1.29, 1.82) is 0 Å². The zero-order valence-electron chi connectivity index (χ0n) is 6.39. The summed E-state index contributed by atoms with van der Waals surface area (Å²) in [6.07, 6.45) is 1.05. The first kappa shape index (κ1) is 7.03. The number of thioether (sulfide) groups is 1. The number of rotatable bonds is 1. The van der Waals surface area contributed by atoms with Gasteiger partial charge in [0.2, 0.25) is 5.88 Å². The highest BCUT2D eigenvalue weighted by atomic mass is 32.2. The van der Waals surface area contributed by atoms with Crippen LogP contribution in [0.2, 0.25) is 0 Å². The molecule has 0 aliphatic carbocycles. The van der Waals surface area contributed by atoms with Crippen molar-refractivity contribution in [3.05, 3.63) is 11.3 Å². The number of fused-ring (bicyclic) bond motifs is 1. The molecule has 1 N–H and O–H groups in total. The summed E-state index contributed by atoms with van der Waals surface area (Å²) in [5, 5.41) is 6.97. The minimum Gasteiger partial charge on any atom is -0.357 e. The van der Waals surface area contributed by atoms with Gasteiger partial charge >= 0.3 is 0 Å². The monoisotopic (exact) mass is 170 g/mol. The topological polar surface area (TPSA) is 38.1 Å². The van der Waals surface area contributed by atoms with E-state index in [1.165, 1.54) is 11.3 Å². The number of hydrogen-bond donors (Lipinski definition) is 1. The molecule has 0 saturated heterocycles. The lowest BCUT2D eigenvalue weighted by molar-refractivity contribution is 0.426. The Kier molecular flexibility index (Phi) is 1.77. The molecule has 0 aromatic carbocycles. The molecule has 0 saturated carbocycles. The molecule has 0 bridgehead atoms. The van der Waals surface area contributed by atoms with Crippen LogP contribution in [0, 0.1) is 0 Å². The van der Waals surface area contributed by atoms with Crippen LogP contribution in [0.1, 0.15) is 11.3 Å². The van der Waals surface area contributed by atoms with Crippen molar-refractivity contribution in [3.8, 4) is 0 Å². The SMILES string of the molecule is CNc1onc2c1CSCC2. The van der Waals surface area contributed by atoms with E-state index in [1.54, 1.807) is 0 Å². The maximum Gasteiger partial charge on any atom is 0.228 e. The van der Waals surface area contributed by atoms with Gasteiger partial charge in [-0.2, -0.15) is 11.8 Å². The summed E-state index contributed by atoms with van der Waals surface area (Å²) in [6.45, 7) is 0. The average molecular weight is 170 g/mol. The van der Waals surface area contributed by atoms with Crippen LogP contribution < -0.4 is 5.32 Å². The number of anilines is 1. The summed E-state index contributed by atoms with van der Waals surface area (Å²) in [6, 6.07) is 0. The lowest BCUT2D eigenvalue weighted by atomic mass is 10.2. The molecule has 3 nitrogen and oxygen atoms in total. The lowest BCUT2D eigenvalue weighted by Gasteiger charge is -2.07. The van der Waals surface area contributed by atoms with E-state index < -0.39 is 0 Å². The Morgan fingerprint density at radius 2 is 2.55 bits per heavy atom. The van der Waals surface area contributed by atoms with E-state index in [2.05, 4.69) is 10.5 Å². The molecule has 4 heteroatoms. The summed E-state index contributed by atoms with van der Waals surface area (Å²) in [4.78, 5) is 0. The maximum absolute atomic E-state index is 5.09. The fourth-order valence-electron chi connectivity index (χ4n) is 1.23. The van der Waals surface area contributed by atoms with Gasteiger partial charge in [0.15, 0.2) is 0 Å². The Hall–Kier alpha value is -0.640. The van der Waals surface area contributed by atoms with E-state index in [0.717, 1.165) is 23.8 Å². The maximum atomic E-state index is 5.09. The summed E-state index contributed by atoms with van der Waals surface area (Å²) < 4.78 is 5.09. The summed E-state index contributed by atoms with van der Waals surface area (Å²) >= 11 is 1.93. The smallest absolute Gasteiger partial charge is 0.228 e. The highest BCUT2D eigenvalue weighted by Crippen LogP contribution is 2.29. The zero-order chi connectivity index (χ0) is 7.68. The van der Waals surface area contributed by atoms with Crippen LogP contribution in [0.4, 0.5) is 5.88 Å². The van der Waals surface area contributed by atoms with Crippen LogP contribution >= 0.6 is 11.8 Å². The van der Waals surface area contributed by atoms with Crippen molar-refractivity contribution >= 4 is 17.6 Å². The highest BCUT2D eigenvalue weighted by molar-refractivity contribution is 7.98. The quantitative estimate of drug-likeness (QED) is 0.693. The molecular weight excluding hydrogens is 160 g/mol. The number of aryl methyl sites for hydroxylation is 1. The van der Waals surface area contributed by atoms with Gasteiger partial charge in [-0.15, -0.1) is 0 Å². The molecule has 0 radical (unpaired) electrons. The van der Waals surface area contributed by atoms with Crippen LogP contribution in [-0.2, 0) is 12.2 Å². The molecular formula is C7H10N2OS. The third-order valence-electron chi connectivity index (χ3n) is 1.83. The van der Waals surface area contributed by atoms with Gasteiger partial charge in [-0.1, -0.05) is 5.16 Å². The number of nitrogens with one attached hydrogen (secondary N) is 1. The number of nitrogens with zero attached hydrogens (tertiary/aromatic N) is 1. The molecule has 1 aromatic heterocycles. The normalized spacial score (nSPS) is 16.1. The first-order valence-electron chi connectivity index (χ1n) is 3.64. The number of aromatic nitrogens is 1. The molecule has 1 aromatic rings. The standard InChI is InChI=1S/C7H10N2OS/c1-8-7-5-4-11-3-2-6(5)9-10-7/h8H,2-4H2,1H3. The highest BCUT2D eigenvalue weighted by Gasteiger charge is 2.18. The first-order chi connectivity index (χ1) is 5.42. The predicted octanol–water partition coefficient (Wildman–Crippen LogP) is 1.51. The van der Waals surface area contributed by atoms with Crippen LogP contribution in [0.15, 0.2) is 4.52 Å². The van der Waals surface area contributed by atoms with Gasteiger partial charge in [-0.05, 0) is 5.75 Å². The fraction of sp³-hybridized carbons (Fsp3) is 0.571. The van der Waals surface area contributed by atoms with Gasteiger partial charge in [0.25, 0.3) is 0 Å². The Labute approximate surface area is 69.5 Å². The van der Waals surface area contributed by atoms with E-state index in [9.17, 15) is 0 Å². The minimum atomic E-state index is 0.840. The van der Waals surface area contributed by atoms with E-state index in [0.29, 0.717) is 0 Å².